The predicted octanol–water partition coefficient (Wildman–Crippen LogP) is 2.20. The van der Waals surface area contributed by atoms with Crippen LogP contribution in [0.5, 0.6) is 0 Å². The SMILES string of the molecule is Cc1noc(C)c1C(=O)Nc1nnc(NS(=O)(=O)c2ccccc2)s1. The van der Waals surface area contributed by atoms with Gasteiger partial charge in [-0.25, -0.2) is 8.42 Å². The minimum Gasteiger partial charge on any atom is -0.361 e. The van der Waals surface area contributed by atoms with Crippen molar-refractivity contribution >= 4 is 37.5 Å². The number of aromatic nitrogens is 3. The van der Waals surface area contributed by atoms with E-state index < -0.39 is 15.9 Å². The van der Waals surface area contributed by atoms with Crippen LogP contribution in [0.2, 0.25) is 0 Å². The maximum absolute atomic E-state index is 12.2. The van der Waals surface area contributed by atoms with Gasteiger partial charge in [-0.3, -0.25) is 14.8 Å². The number of nitrogens with zero attached hydrogens (tertiary/aromatic N) is 3. The van der Waals surface area contributed by atoms with E-state index in [-0.39, 0.29) is 15.2 Å². The number of hydrogen-bond acceptors (Lipinski definition) is 8. The van der Waals surface area contributed by atoms with Crippen LogP contribution in [0, 0.1) is 13.8 Å². The maximum atomic E-state index is 12.2. The van der Waals surface area contributed by atoms with Gasteiger partial charge in [0.05, 0.1) is 10.6 Å². The van der Waals surface area contributed by atoms with Gasteiger partial charge in [-0.05, 0) is 26.0 Å². The molecule has 0 aliphatic heterocycles. The van der Waals surface area contributed by atoms with Crippen molar-refractivity contribution in [3.63, 3.8) is 0 Å². The van der Waals surface area contributed by atoms with Crippen molar-refractivity contribution in [1.29, 1.82) is 0 Å². The molecule has 25 heavy (non-hydrogen) atoms. The minimum absolute atomic E-state index is 0.0397. The number of amides is 1. The first-order valence-electron chi connectivity index (χ1n) is 7.02. The summed E-state index contributed by atoms with van der Waals surface area (Å²) < 4.78 is 31.7. The highest BCUT2D eigenvalue weighted by molar-refractivity contribution is 7.93. The third kappa shape index (κ3) is 3.67. The molecule has 0 radical (unpaired) electrons. The number of rotatable bonds is 5. The number of anilines is 2. The Hall–Kier alpha value is -2.79. The molecule has 2 N–H and O–H groups in total. The molecule has 130 valence electrons. The topological polar surface area (TPSA) is 127 Å². The van der Waals surface area contributed by atoms with E-state index in [9.17, 15) is 13.2 Å². The van der Waals surface area contributed by atoms with E-state index in [0.29, 0.717) is 17.0 Å². The van der Waals surface area contributed by atoms with Crippen LogP contribution in [0.3, 0.4) is 0 Å². The van der Waals surface area contributed by atoms with Crippen molar-refractivity contribution in [3.05, 3.63) is 47.3 Å². The Balaban J connectivity index is 1.74. The first kappa shape index (κ1) is 17.0. The number of sulfonamides is 1. The van der Waals surface area contributed by atoms with Gasteiger partial charge in [0.1, 0.15) is 11.3 Å². The molecule has 11 heteroatoms. The van der Waals surface area contributed by atoms with Crippen molar-refractivity contribution in [2.75, 3.05) is 10.0 Å². The first-order chi connectivity index (χ1) is 11.9. The summed E-state index contributed by atoms with van der Waals surface area (Å²) in [5.74, 6) is -0.0746. The molecule has 2 aromatic heterocycles. The van der Waals surface area contributed by atoms with Crippen LogP contribution in [0.15, 0.2) is 39.8 Å². The van der Waals surface area contributed by atoms with Gasteiger partial charge in [-0.15, -0.1) is 10.2 Å². The van der Waals surface area contributed by atoms with Crippen LogP contribution in [-0.4, -0.2) is 29.7 Å². The number of aryl methyl sites for hydroxylation is 2. The lowest BCUT2D eigenvalue weighted by atomic mass is 10.2. The lowest BCUT2D eigenvalue weighted by Crippen LogP contribution is -2.13. The second-order valence-corrected chi connectivity index (χ2v) is 7.64. The normalized spacial score (nSPS) is 11.3. The average molecular weight is 379 g/mol. The lowest BCUT2D eigenvalue weighted by Gasteiger charge is -2.03. The summed E-state index contributed by atoms with van der Waals surface area (Å²) >= 11 is 0.896. The summed E-state index contributed by atoms with van der Waals surface area (Å²) in [7, 11) is -3.76. The molecule has 2 heterocycles. The van der Waals surface area contributed by atoms with E-state index in [1.165, 1.54) is 12.1 Å². The third-order valence-corrected chi connectivity index (χ3v) is 5.42. The Kier molecular flexibility index (Phi) is 4.51. The molecule has 0 aliphatic rings. The average Bonchev–Trinajstić information content (AvgIpc) is 3.14. The highest BCUT2D eigenvalue weighted by atomic mass is 32.2. The van der Waals surface area contributed by atoms with Crippen LogP contribution in [-0.2, 0) is 10.0 Å². The number of carbonyl (C=O) groups excluding carboxylic acids is 1. The summed E-state index contributed by atoms with van der Waals surface area (Å²) in [6.45, 7) is 3.26. The first-order valence-corrected chi connectivity index (χ1v) is 9.32. The van der Waals surface area contributed by atoms with Gasteiger partial charge < -0.3 is 4.52 Å². The highest BCUT2D eigenvalue weighted by Gasteiger charge is 2.20. The summed E-state index contributed by atoms with van der Waals surface area (Å²) in [5.41, 5.74) is 0.756. The molecular weight excluding hydrogens is 366 g/mol. The van der Waals surface area contributed by atoms with Gasteiger partial charge in [-0.1, -0.05) is 34.7 Å². The lowest BCUT2D eigenvalue weighted by molar-refractivity contribution is 0.102. The predicted molar refractivity (Wildman–Crippen MR) is 91.1 cm³/mol. The molecule has 0 unspecified atom stereocenters. The quantitative estimate of drug-likeness (QED) is 0.695. The molecular formula is C14H13N5O4S2. The Bertz CT molecular complexity index is 992. The molecule has 9 nitrogen and oxygen atoms in total. The van der Waals surface area contributed by atoms with Gasteiger partial charge in [0, 0.05) is 0 Å². The number of hydrogen-bond donors (Lipinski definition) is 2. The largest absolute Gasteiger partial charge is 0.361 e. The standard InChI is InChI=1S/C14H13N5O4S2/c1-8-11(9(2)23-18-8)12(20)15-13-16-17-14(24-13)19-25(21,22)10-6-4-3-5-7-10/h3-7H,1-2H3,(H,17,19)(H,15,16,20). The van der Waals surface area contributed by atoms with Crippen molar-refractivity contribution in [1.82, 2.24) is 15.4 Å². The Morgan fingerprint density at radius 3 is 2.44 bits per heavy atom. The zero-order valence-corrected chi connectivity index (χ0v) is 14.8. The van der Waals surface area contributed by atoms with Crippen LogP contribution in [0.4, 0.5) is 10.3 Å². The van der Waals surface area contributed by atoms with Crippen molar-refractivity contribution in [2.24, 2.45) is 0 Å². The monoisotopic (exact) mass is 379 g/mol. The fourth-order valence-electron chi connectivity index (χ4n) is 2.06. The minimum atomic E-state index is -3.76. The van der Waals surface area contributed by atoms with E-state index in [4.69, 9.17) is 4.52 Å². The molecule has 0 saturated heterocycles. The van der Waals surface area contributed by atoms with Crippen LogP contribution < -0.4 is 10.0 Å². The van der Waals surface area contributed by atoms with E-state index in [2.05, 4.69) is 25.4 Å². The zero-order valence-electron chi connectivity index (χ0n) is 13.2. The molecule has 0 saturated carbocycles. The third-order valence-electron chi connectivity index (χ3n) is 3.18. The van der Waals surface area contributed by atoms with E-state index in [1.54, 1.807) is 32.0 Å². The summed E-state index contributed by atoms with van der Waals surface area (Å²) in [4.78, 5) is 12.3. The van der Waals surface area contributed by atoms with E-state index >= 15 is 0 Å². The maximum Gasteiger partial charge on any atom is 0.263 e. The summed E-state index contributed by atoms with van der Waals surface area (Å²) in [6, 6.07) is 7.87. The number of nitrogens with one attached hydrogen (secondary N) is 2. The second-order valence-electron chi connectivity index (χ2n) is 4.98. The van der Waals surface area contributed by atoms with Gasteiger partial charge in [0.2, 0.25) is 10.3 Å². The molecule has 3 rings (SSSR count). The van der Waals surface area contributed by atoms with Crippen molar-refractivity contribution in [3.8, 4) is 0 Å². The zero-order chi connectivity index (χ0) is 18.0. The molecule has 3 aromatic rings. The molecule has 0 spiro atoms. The van der Waals surface area contributed by atoms with Crippen LogP contribution in [0.1, 0.15) is 21.8 Å². The molecule has 1 amide bonds. The second kappa shape index (κ2) is 6.61. The molecule has 1 aromatic carbocycles. The van der Waals surface area contributed by atoms with Gasteiger partial charge in [-0.2, -0.15) is 0 Å². The van der Waals surface area contributed by atoms with Gasteiger partial charge >= 0.3 is 0 Å². The fraction of sp³-hybridized carbons (Fsp3) is 0.143. The number of benzene rings is 1. The Morgan fingerprint density at radius 1 is 1.12 bits per heavy atom. The van der Waals surface area contributed by atoms with E-state index in [1.807, 2.05) is 0 Å². The molecule has 0 fully saturated rings. The van der Waals surface area contributed by atoms with Gasteiger partial charge in [0.15, 0.2) is 0 Å². The molecule has 0 aliphatic carbocycles. The summed E-state index contributed by atoms with van der Waals surface area (Å²) in [5, 5.41) is 13.9. The van der Waals surface area contributed by atoms with Crippen LogP contribution >= 0.6 is 11.3 Å². The van der Waals surface area contributed by atoms with E-state index in [0.717, 1.165) is 11.3 Å². The molecule has 0 atom stereocenters. The number of carbonyl (C=O) groups is 1. The van der Waals surface area contributed by atoms with Crippen LogP contribution in [0.25, 0.3) is 0 Å². The Morgan fingerprint density at radius 2 is 1.80 bits per heavy atom. The fourth-order valence-corrected chi connectivity index (χ4v) is 3.95. The molecule has 0 bridgehead atoms. The Labute approximate surface area is 147 Å². The smallest absolute Gasteiger partial charge is 0.263 e. The van der Waals surface area contributed by atoms with Gasteiger partial charge in [0.25, 0.3) is 15.9 Å². The van der Waals surface area contributed by atoms with Crippen molar-refractivity contribution in [2.45, 2.75) is 18.7 Å². The highest BCUT2D eigenvalue weighted by Crippen LogP contribution is 2.24. The summed E-state index contributed by atoms with van der Waals surface area (Å²) in [6.07, 6.45) is 0. The van der Waals surface area contributed by atoms with Crippen molar-refractivity contribution < 1.29 is 17.7 Å².